The summed E-state index contributed by atoms with van der Waals surface area (Å²) in [6.07, 6.45) is 0. The second kappa shape index (κ2) is 5.91. The molecule has 0 fully saturated rings. The average molecular weight is 239 g/mol. The molecule has 17 heavy (non-hydrogen) atoms. The highest BCUT2D eigenvalue weighted by Crippen LogP contribution is 2.28. The van der Waals surface area contributed by atoms with Gasteiger partial charge in [-0.05, 0) is 31.7 Å². The van der Waals surface area contributed by atoms with E-state index in [1.165, 1.54) is 0 Å². The lowest BCUT2D eigenvalue weighted by Crippen LogP contribution is -2.30. The maximum Gasteiger partial charge on any atom is 0.488 e. The van der Waals surface area contributed by atoms with Crippen molar-refractivity contribution in [1.82, 2.24) is 4.90 Å². The van der Waals surface area contributed by atoms with Crippen LogP contribution in [0.4, 0.5) is 0 Å². The fraction of sp³-hybridized carbons (Fsp3) is 0.455. The van der Waals surface area contributed by atoms with E-state index in [1.807, 2.05) is 19.0 Å². The van der Waals surface area contributed by atoms with Gasteiger partial charge in [-0.1, -0.05) is 0 Å². The fourth-order valence-electron chi connectivity index (χ4n) is 1.63. The standard InChI is InChI=1S/C11H18BNO4/c1-13(2)7-9-10(16-3)5-8(12(14)15)6-11(9)17-4/h5-6,14-15H,7H2,1-4H3. The Hall–Kier alpha value is -1.24. The molecule has 0 heterocycles. The molecule has 0 unspecified atom stereocenters. The van der Waals surface area contributed by atoms with Gasteiger partial charge in [0.05, 0.1) is 19.8 Å². The van der Waals surface area contributed by atoms with Gasteiger partial charge >= 0.3 is 7.12 Å². The van der Waals surface area contributed by atoms with Crippen LogP contribution in [0.2, 0.25) is 0 Å². The molecule has 0 radical (unpaired) electrons. The summed E-state index contributed by atoms with van der Waals surface area (Å²) in [6, 6.07) is 3.21. The zero-order chi connectivity index (χ0) is 13.0. The second-order valence-corrected chi connectivity index (χ2v) is 4.02. The Kier molecular flexibility index (Phi) is 4.80. The van der Waals surface area contributed by atoms with Gasteiger partial charge in [0.1, 0.15) is 11.5 Å². The zero-order valence-electron chi connectivity index (χ0n) is 10.6. The van der Waals surface area contributed by atoms with Crippen molar-refractivity contribution >= 4 is 12.6 Å². The first-order valence-electron chi connectivity index (χ1n) is 5.25. The van der Waals surface area contributed by atoms with Crippen LogP contribution in [0.15, 0.2) is 12.1 Å². The Morgan fingerprint density at radius 1 is 1.12 bits per heavy atom. The molecule has 0 aliphatic rings. The monoisotopic (exact) mass is 239 g/mol. The number of benzene rings is 1. The van der Waals surface area contributed by atoms with Crippen LogP contribution in [0.5, 0.6) is 11.5 Å². The largest absolute Gasteiger partial charge is 0.496 e. The quantitative estimate of drug-likeness (QED) is 0.675. The molecule has 6 heteroatoms. The summed E-state index contributed by atoms with van der Waals surface area (Å²) in [5.41, 5.74) is 1.23. The molecule has 0 saturated heterocycles. The Balaban J connectivity index is 3.26. The van der Waals surface area contributed by atoms with Crippen LogP contribution in [0.1, 0.15) is 5.56 Å². The van der Waals surface area contributed by atoms with Crippen molar-refractivity contribution in [2.45, 2.75) is 6.54 Å². The number of ether oxygens (including phenoxy) is 2. The minimum Gasteiger partial charge on any atom is -0.496 e. The highest BCUT2D eigenvalue weighted by molar-refractivity contribution is 6.58. The number of hydrogen-bond acceptors (Lipinski definition) is 5. The van der Waals surface area contributed by atoms with Crippen molar-refractivity contribution in [2.75, 3.05) is 28.3 Å². The van der Waals surface area contributed by atoms with Crippen molar-refractivity contribution < 1.29 is 19.5 Å². The molecule has 0 spiro atoms. The normalized spacial score (nSPS) is 10.5. The molecule has 0 aliphatic carbocycles. The summed E-state index contributed by atoms with van der Waals surface area (Å²) in [6.45, 7) is 0.647. The number of rotatable bonds is 5. The third-order valence-electron chi connectivity index (χ3n) is 2.40. The van der Waals surface area contributed by atoms with E-state index in [-0.39, 0.29) is 0 Å². The Morgan fingerprint density at radius 2 is 1.59 bits per heavy atom. The van der Waals surface area contributed by atoms with Gasteiger partial charge in [0.25, 0.3) is 0 Å². The van der Waals surface area contributed by atoms with Crippen molar-refractivity contribution in [3.8, 4) is 11.5 Å². The van der Waals surface area contributed by atoms with Crippen LogP contribution in [-0.4, -0.2) is 50.4 Å². The van der Waals surface area contributed by atoms with Gasteiger partial charge in [0.15, 0.2) is 0 Å². The lowest BCUT2D eigenvalue weighted by molar-refractivity contribution is 0.348. The van der Waals surface area contributed by atoms with Crippen molar-refractivity contribution in [3.63, 3.8) is 0 Å². The predicted molar refractivity (Wildman–Crippen MR) is 66.8 cm³/mol. The third kappa shape index (κ3) is 3.36. The van der Waals surface area contributed by atoms with Gasteiger partial charge in [-0.15, -0.1) is 0 Å². The van der Waals surface area contributed by atoms with Gasteiger partial charge in [0, 0.05) is 6.54 Å². The van der Waals surface area contributed by atoms with E-state index in [4.69, 9.17) is 9.47 Å². The molecular weight excluding hydrogens is 221 g/mol. The Bertz CT molecular complexity index is 357. The first-order valence-corrected chi connectivity index (χ1v) is 5.25. The van der Waals surface area contributed by atoms with Crippen LogP contribution in [0.25, 0.3) is 0 Å². The van der Waals surface area contributed by atoms with E-state index in [0.29, 0.717) is 23.5 Å². The SMILES string of the molecule is COc1cc(B(O)O)cc(OC)c1CN(C)C. The summed E-state index contributed by atoms with van der Waals surface area (Å²) in [4.78, 5) is 1.98. The first-order chi connectivity index (χ1) is 7.99. The lowest BCUT2D eigenvalue weighted by atomic mass is 9.79. The number of nitrogens with zero attached hydrogens (tertiary/aromatic N) is 1. The van der Waals surface area contributed by atoms with E-state index in [2.05, 4.69) is 0 Å². The summed E-state index contributed by atoms with van der Waals surface area (Å²) in [5.74, 6) is 1.17. The van der Waals surface area contributed by atoms with E-state index >= 15 is 0 Å². The fourth-order valence-corrected chi connectivity index (χ4v) is 1.63. The summed E-state index contributed by atoms with van der Waals surface area (Å²) in [5, 5.41) is 18.3. The van der Waals surface area contributed by atoms with Gasteiger partial charge in [-0.2, -0.15) is 0 Å². The molecule has 1 aromatic rings. The molecule has 0 saturated carbocycles. The summed E-state index contributed by atoms with van der Waals surface area (Å²) in [7, 11) is 5.43. The molecule has 5 nitrogen and oxygen atoms in total. The molecule has 1 aromatic carbocycles. The van der Waals surface area contributed by atoms with Gasteiger partial charge in [-0.3, -0.25) is 0 Å². The third-order valence-corrected chi connectivity index (χ3v) is 2.40. The number of hydrogen-bond donors (Lipinski definition) is 2. The Labute approximate surface area is 102 Å². The summed E-state index contributed by atoms with van der Waals surface area (Å²) >= 11 is 0. The van der Waals surface area contributed by atoms with E-state index in [1.54, 1.807) is 26.4 Å². The molecule has 1 rings (SSSR count). The van der Waals surface area contributed by atoms with E-state index in [9.17, 15) is 10.0 Å². The van der Waals surface area contributed by atoms with Gasteiger partial charge in [-0.25, -0.2) is 0 Å². The Morgan fingerprint density at radius 3 is 1.88 bits per heavy atom. The van der Waals surface area contributed by atoms with Gasteiger partial charge in [0.2, 0.25) is 0 Å². The second-order valence-electron chi connectivity index (χ2n) is 4.02. The molecule has 0 aliphatic heterocycles. The smallest absolute Gasteiger partial charge is 0.488 e. The van der Waals surface area contributed by atoms with Crippen LogP contribution >= 0.6 is 0 Å². The van der Waals surface area contributed by atoms with Crippen LogP contribution < -0.4 is 14.9 Å². The molecular formula is C11H18BNO4. The highest BCUT2D eigenvalue weighted by atomic mass is 16.5. The van der Waals surface area contributed by atoms with E-state index < -0.39 is 7.12 Å². The minimum absolute atomic E-state index is 0.348. The predicted octanol–water partition coefficient (Wildman–Crippen LogP) is -0.555. The van der Waals surface area contributed by atoms with Gasteiger partial charge < -0.3 is 24.4 Å². The average Bonchev–Trinajstić information content (AvgIpc) is 2.28. The van der Waals surface area contributed by atoms with Crippen LogP contribution in [0, 0.1) is 0 Å². The molecule has 2 N–H and O–H groups in total. The van der Waals surface area contributed by atoms with Crippen LogP contribution in [0.3, 0.4) is 0 Å². The van der Waals surface area contributed by atoms with Crippen LogP contribution in [-0.2, 0) is 6.54 Å². The van der Waals surface area contributed by atoms with Crippen molar-refractivity contribution in [1.29, 1.82) is 0 Å². The molecule has 0 atom stereocenters. The molecule has 0 amide bonds. The molecule has 0 aromatic heterocycles. The van der Waals surface area contributed by atoms with Crippen molar-refractivity contribution in [2.24, 2.45) is 0 Å². The zero-order valence-corrected chi connectivity index (χ0v) is 10.6. The highest BCUT2D eigenvalue weighted by Gasteiger charge is 2.19. The topological polar surface area (TPSA) is 62.2 Å². The van der Waals surface area contributed by atoms with E-state index in [0.717, 1.165) is 5.56 Å². The summed E-state index contributed by atoms with van der Waals surface area (Å²) < 4.78 is 10.5. The minimum atomic E-state index is -1.54. The number of methoxy groups -OCH3 is 2. The van der Waals surface area contributed by atoms with Crippen molar-refractivity contribution in [3.05, 3.63) is 17.7 Å². The molecule has 94 valence electrons. The maximum absolute atomic E-state index is 9.17. The maximum atomic E-state index is 9.17. The lowest BCUT2D eigenvalue weighted by Gasteiger charge is -2.18. The first kappa shape index (κ1) is 13.8. The molecule has 0 bridgehead atoms.